The Kier molecular flexibility index (Phi) is 7.14. The van der Waals surface area contributed by atoms with Gasteiger partial charge in [-0.25, -0.2) is 4.98 Å². The molecule has 0 saturated heterocycles. The molecule has 0 N–H and O–H groups in total. The number of hydrogen-bond donors (Lipinski definition) is 0. The van der Waals surface area contributed by atoms with Gasteiger partial charge in [-0.3, -0.25) is 0 Å². The standard InChI is InChI=1S/C49H32N2O/c1-2-12-36(13-3-1)44-16-8-9-17-47(44)51(42-25-22-35(23-26-42)39-20-18-33-10-4-6-14-37(33)30-39)43-27-28-45-40(32-43)24-29-46-48(45)52-49(50-46)41-21-19-34-11-5-7-15-38(34)31-41/h1-32H. The number of fused-ring (bicyclic) bond motifs is 5. The lowest BCUT2D eigenvalue weighted by Crippen LogP contribution is -2.11. The van der Waals surface area contributed by atoms with E-state index in [1.807, 2.05) is 0 Å². The van der Waals surface area contributed by atoms with Gasteiger partial charge in [-0.15, -0.1) is 0 Å². The highest BCUT2D eigenvalue weighted by Gasteiger charge is 2.19. The van der Waals surface area contributed by atoms with Crippen molar-refractivity contribution in [3.63, 3.8) is 0 Å². The molecule has 10 rings (SSSR count). The second kappa shape index (κ2) is 12.4. The summed E-state index contributed by atoms with van der Waals surface area (Å²) >= 11 is 0. The van der Waals surface area contributed by atoms with Crippen molar-refractivity contribution in [2.24, 2.45) is 0 Å². The van der Waals surface area contributed by atoms with Crippen LogP contribution in [0, 0.1) is 0 Å². The van der Waals surface area contributed by atoms with Gasteiger partial charge in [0.2, 0.25) is 5.89 Å². The summed E-state index contributed by atoms with van der Waals surface area (Å²) in [4.78, 5) is 7.27. The lowest BCUT2D eigenvalue weighted by molar-refractivity contribution is 0.623. The molecule has 10 aromatic rings. The van der Waals surface area contributed by atoms with Crippen LogP contribution in [-0.4, -0.2) is 4.98 Å². The van der Waals surface area contributed by atoms with Crippen LogP contribution in [0.2, 0.25) is 0 Å². The third-order valence-corrected chi connectivity index (χ3v) is 10.0. The fourth-order valence-corrected chi connectivity index (χ4v) is 7.42. The number of anilines is 3. The van der Waals surface area contributed by atoms with Gasteiger partial charge < -0.3 is 9.32 Å². The molecule has 0 aliphatic carbocycles. The van der Waals surface area contributed by atoms with E-state index >= 15 is 0 Å². The molecule has 0 fully saturated rings. The minimum Gasteiger partial charge on any atom is -0.435 e. The van der Waals surface area contributed by atoms with Crippen LogP contribution >= 0.6 is 0 Å². The quantitative estimate of drug-likeness (QED) is 0.177. The lowest BCUT2D eigenvalue weighted by atomic mass is 9.99. The zero-order valence-corrected chi connectivity index (χ0v) is 28.3. The first-order chi connectivity index (χ1) is 25.7. The van der Waals surface area contributed by atoms with E-state index in [9.17, 15) is 0 Å². The predicted octanol–water partition coefficient (Wildman–Crippen LogP) is 13.8. The van der Waals surface area contributed by atoms with Crippen LogP contribution in [0.1, 0.15) is 0 Å². The van der Waals surface area contributed by atoms with Crippen molar-refractivity contribution in [2.75, 3.05) is 4.90 Å². The van der Waals surface area contributed by atoms with Crippen LogP contribution in [0.4, 0.5) is 17.1 Å². The van der Waals surface area contributed by atoms with Gasteiger partial charge in [0, 0.05) is 27.9 Å². The molecule has 1 aromatic heterocycles. The molecular weight excluding hydrogens is 633 g/mol. The Morgan fingerprint density at radius 3 is 1.75 bits per heavy atom. The topological polar surface area (TPSA) is 29.3 Å². The number of benzene rings is 9. The summed E-state index contributed by atoms with van der Waals surface area (Å²) in [5, 5.41) is 6.96. The molecule has 0 atom stereocenters. The maximum absolute atomic E-state index is 6.52. The van der Waals surface area contributed by atoms with Crippen molar-refractivity contribution in [2.45, 2.75) is 0 Å². The zero-order chi connectivity index (χ0) is 34.4. The SMILES string of the molecule is c1ccc(-c2ccccc2N(c2ccc(-c3ccc4ccccc4c3)cc2)c2ccc3c(ccc4nc(-c5ccc6ccccc6c5)oc43)c2)cc1. The van der Waals surface area contributed by atoms with Crippen molar-refractivity contribution >= 4 is 60.5 Å². The van der Waals surface area contributed by atoms with E-state index in [4.69, 9.17) is 9.40 Å². The molecule has 0 saturated carbocycles. The number of aromatic nitrogens is 1. The van der Waals surface area contributed by atoms with E-state index in [0.29, 0.717) is 5.89 Å². The van der Waals surface area contributed by atoms with Gasteiger partial charge in [0.25, 0.3) is 0 Å². The van der Waals surface area contributed by atoms with Crippen molar-refractivity contribution in [1.82, 2.24) is 4.98 Å². The van der Waals surface area contributed by atoms with E-state index in [1.165, 1.54) is 32.8 Å². The average Bonchev–Trinajstić information content (AvgIpc) is 3.67. The smallest absolute Gasteiger partial charge is 0.227 e. The second-order valence-electron chi connectivity index (χ2n) is 13.2. The largest absolute Gasteiger partial charge is 0.435 e. The monoisotopic (exact) mass is 664 g/mol. The van der Waals surface area contributed by atoms with Gasteiger partial charge in [0.15, 0.2) is 5.58 Å². The van der Waals surface area contributed by atoms with Gasteiger partial charge in [-0.1, -0.05) is 133 Å². The molecule has 0 radical (unpaired) electrons. The Labute approximate surface area is 301 Å². The molecular formula is C49H32N2O. The Morgan fingerprint density at radius 1 is 0.385 bits per heavy atom. The maximum atomic E-state index is 6.52. The van der Waals surface area contributed by atoms with E-state index in [2.05, 4.69) is 199 Å². The summed E-state index contributed by atoms with van der Waals surface area (Å²) < 4.78 is 6.52. The molecule has 3 nitrogen and oxygen atoms in total. The number of rotatable bonds is 6. The molecule has 0 aliphatic heterocycles. The van der Waals surface area contributed by atoms with Gasteiger partial charge in [-0.05, 0) is 104 Å². The van der Waals surface area contributed by atoms with Crippen molar-refractivity contribution in [3.8, 4) is 33.7 Å². The number of nitrogens with zero attached hydrogens (tertiary/aromatic N) is 2. The highest BCUT2D eigenvalue weighted by molar-refractivity contribution is 6.05. The van der Waals surface area contributed by atoms with Crippen molar-refractivity contribution < 1.29 is 4.42 Å². The number of oxazole rings is 1. The van der Waals surface area contributed by atoms with Crippen LogP contribution in [0.3, 0.4) is 0 Å². The van der Waals surface area contributed by atoms with E-state index < -0.39 is 0 Å². The van der Waals surface area contributed by atoms with Crippen LogP contribution in [-0.2, 0) is 0 Å². The Balaban J connectivity index is 1.09. The number of hydrogen-bond acceptors (Lipinski definition) is 3. The van der Waals surface area contributed by atoms with E-state index in [-0.39, 0.29) is 0 Å². The van der Waals surface area contributed by atoms with Crippen LogP contribution < -0.4 is 4.90 Å². The highest BCUT2D eigenvalue weighted by Crippen LogP contribution is 2.43. The molecule has 52 heavy (non-hydrogen) atoms. The molecule has 1 heterocycles. The van der Waals surface area contributed by atoms with Gasteiger partial charge in [0.05, 0.1) is 5.69 Å². The summed E-state index contributed by atoms with van der Waals surface area (Å²) in [6.45, 7) is 0. The second-order valence-corrected chi connectivity index (χ2v) is 13.2. The first kappa shape index (κ1) is 29.9. The molecule has 0 unspecified atom stereocenters. The first-order valence-corrected chi connectivity index (χ1v) is 17.6. The third-order valence-electron chi connectivity index (χ3n) is 10.0. The van der Waals surface area contributed by atoms with Crippen molar-refractivity contribution in [1.29, 1.82) is 0 Å². The molecule has 3 heteroatoms. The van der Waals surface area contributed by atoms with Gasteiger partial charge >= 0.3 is 0 Å². The predicted molar refractivity (Wildman–Crippen MR) is 218 cm³/mol. The molecule has 9 aromatic carbocycles. The molecule has 244 valence electrons. The fraction of sp³-hybridized carbons (Fsp3) is 0. The van der Waals surface area contributed by atoms with Crippen LogP contribution in [0.15, 0.2) is 199 Å². The number of para-hydroxylation sites is 1. The first-order valence-electron chi connectivity index (χ1n) is 17.6. The third kappa shape index (κ3) is 5.28. The van der Waals surface area contributed by atoms with E-state index in [1.54, 1.807) is 0 Å². The molecule has 0 spiro atoms. The minimum absolute atomic E-state index is 0.627. The lowest BCUT2D eigenvalue weighted by Gasteiger charge is -2.28. The van der Waals surface area contributed by atoms with Crippen LogP contribution in [0.5, 0.6) is 0 Å². The van der Waals surface area contributed by atoms with Crippen molar-refractivity contribution in [3.05, 3.63) is 194 Å². The van der Waals surface area contributed by atoms with Gasteiger partial charge in [0.1, 0.15) is 5.52 Å². The Morgan fingerprint density at radius 2 is 0.981 bits per heavy atom. The average molecular weight is 665 g/mol. The molecule has 0 bridgehead atoms. The fourth-order valence-electron chi connectivity index (χ4n) is 7.42. The summed E-state index contributed by atoms with van der Waals surface area (Å²) in [6.07, 6.45) is 0. The van der Waals surface area contributed by atoms with Crippen LogP contribution in [0.25, 0.3) is 77.1 Å². The minimum atomic E-state index is 0.627. The summed E-state index contributed by atoms with van der Waals surface area (Å²) in [6, 6.07) is 68.9. The van der Waals surface area contributed by atoms with E-state index in [0.717, 1.165) is 55.4 Å². The van der Waals surface area contributed by atoms with Gasteiger partial charge in [-0.2, -0.15) is 0 Å². The summed E-state index contributed by atoms with van der Waals surface area (Å²) in [5.74, 6) is 0.627. The normalized spacial score (nSPS) is 11.5. The Hall–Kier alpha value is -6.97. The maximum Gasteiger partial charge on any atom is 0.227 e. The zero-order valence-electron chi connectivity index (χ0n) is 28.3. The summed E-state index contributed by atoms with van der Waals surface area (Å²) in [5.41, 5.74) is 10.6. The molecule has 0 amide bonds. The highest BCUT2D eigenvalue weighted by atomic mass is 16.3. The Bertz CT molecular complexity index is 2910. The summed E-state index contributed by atoms with van der Waals surface area (Å²) in [7, 11) is 0. The molecule has 0 aliphatic rings.